The Morgan fingerprint density at radius 3 is 2.06 bits per heavy atom. The summed E-state index contributed by atoms with van der Waals surface area (Å²) in [4.78, 5) is 52.6. The van der Waals surface area contributed by atoms with E-state index in [1.54, 1.807) is 25.7 Å². The molecule has 1 amide bonds. The van der Waals surface area contributed by atoms with Crippen molar-refractivity contribution < 1.29 is 19.2 Å². The number of hydrogen-bond acceptors (Lipinski definition) is 4. The molecule has 0 bridgehead atoms. The third-order valence-electron chi connectivity index (χ3n) is 7.04. The van der Waals surface area contributed by atoms with Crippen molar-refractivity contribution >= 4 is 23.3 Å². The van der Waals surface area contributed by atoms with E-state index in [2.05, 4.69) is 11.8 Å². The number of aryl methyl sites for hydroxylation is 2. The maximum absolute atomic E-state index is 13.3. The molecule has 1 aliphatic carbocycles. The Bertz CT molecular complexity index is 973. The number of amides is 1. The van der Waals surface area contributed by atoms with Gasteiger partial charge >= 0.3 is 0 Å². The van der Waals surface area contributed by atoms with E-state index >= 15 is 0 Å². The van der Waals surface area contributed by atoms with Crippen molar-refractivity contribution in [2.75, 3.05) is 13.1 Å². The highest BCUT2D eigenvalue weighted by atomic mass is 16.2. The van der Waals surface area contributed by atoms with Gasteiger partial charge in [-0.2, -0.15) is 0 Å². The number of benzene rings is 1. The minimum atomic E-state index is -0.701. The van der Waals surface area contributed by atoms with Crippen LogP contribution in [0.1, 0.15) is 81.0 Å². The second-order valence-electron chi connectivity index (χ2n) is 9.80. The van der Waals surface area contributed by atoms with E-state index in [0.29, 0.717) is 38.8 Å². The van der Waals surface area contributed by atoms with Crippen molar-refractivity contribution in [3.63, 3.8) is 0 Å². The van der Waals surface area contributed by atoms with Gasteiger partial charge in [-0.25, -0.2) is 0 Å². The third kappa shape index (κ3) is 4.85. The van der Waals surface area contributed by atoms with Gasteiger partial charge in [0.2, 0.25) is 5.91 Å². The van der Waals surface area contributed by atoms with Gasteiger partial charge in [0.15, 0.2) is 0 Å². The number of rotatable bonds is 4. The van der Waals surface area contributed by atoms with Gasteiger partial charge in [0.1, 0.15) is 23.3 Å². The summed E-state index contributed by atoms with van der Waals surface area (Å²) in [6.07, 6.45) is 1.92. The van der Waals surface area contributed by atoms with Crippen molar-refractivity contribution in [1.29, 1.82) is 0 Å². The molecule has 1 spiro atoms. The van der Waals surface area contributed by atoms with Crippen LogP contribution in [0.15, 0.2) is 12.1 Å². The van der Waals surface area contributed by atoms with E-state index in [1.807, 2.05) is 26.0 Å². The highest BCUT2D eigenvalue weighted by molar-refractivity contribution is 6.10. The lowest BCUT2D eigenvalue weighted by Crippen LogP contribution is -2.48. The molecule has 1 saturated carbocycles. The SMILES string of the molecule is CC#Cc1cc(C)c(C2C(=O)CC3(CCN(C(=O)CC(=O)C(C)C)CC3)CC2=O)c(C)c1. The number of ketones is 3. The molecule has 0 unspecified atom stereocenters. The molecule has 5 nitrogen and oxygen atoms in total. The average molecular weight is 436 g/mol. The van der Waals surface area contributed by atoms with Crippen LogP contribution in [-0.4, -0.2) is 41.2 Å². The predicted molar refractivity (Wildman–Crippen MR) is 123 cm³/mol. The Balaban J connectivity index is 1.72. The van der Waals surface area contributed by atoms with Crippen LogP contribution in [0.4, 0.5) is 0 Å². The number of piperidine rings is 1. The molecule has 1 aliphatic heterocycles. The summed E-state index contributed by atoms with van der Waals surface area (Å²) in [6, 6.07) is 3.90. The first-order chi connectivity index (χ1) is 15.1. The lowest BCUT2D eigenvalue weighted by atomic mass is 9.62. The van der Waals surface area contributed by atoms with E-state index in [-0.39, 0.29) is 41.0 Å². The first kappa shape index (κ1) is 23.9. The van der Waals surface area contributed by atoms with Gasteiger partial charge in [-0.15, -0.1) is 5.92 Å². The molecule has 5 heteroatoms. The topological polar surface area (TPSA) is 71.5 Å². The fourth-order valence-electron chi connectivity index (χ4n) is 5.20. The van der Waals surface area contributed by atoms with Gasteiger partial charge in [-0.3, -0.25) is 19.2 Å². The van der Waals surface area contributed by atoms with Crippen molar-refractivity contribution in [3.05, 3.63) is 34.4 Å². The Hall–Kier alpha value is -2.74. The zero-order valence-corrected chi connectivity index (χ0v) is 19.8. The van der Waals surface area contributed by atoms with Gasteiger partial charge in [0.05, 0.1) is 6.42 Å². The second kappa shape index (κ2) is 9.40. The van der Waals surface area contributed by atoms with Crippen LogP contribution in [0, 0.1) is 37.0 Å². The quantitative estimate of drug-likeness (QED) is 0.531. The summed E-state index contributed by atoms with van der Waals surface area (Å²) in [5.41, 5.74) is 3.22. The Kier molecular flexibility index (Phi) is 7.03. The van der Waals surface area contributed by atoms with Crippen molar-refractivity contribution in [3.8, 4) is 11.8 Å². The molecular formula is C27H33NO4. The lowest BCUT2D eigenvalue weighted by molar-refractivity contribution is -0.141. The molecule has 3 rings (SSSR count). The summed E-state index contributed by atoms with van der Waals surface area (Å²) in [5.74, 6) is 4.84. The van der Waals surface area contributed by atoms with Crippen LogP contribution in [0.3, 0.4) is 0 Å². The number of carbonyl (C=O) groups excluding carboxylic acids is 4. The van der Waals surface area contributed by atoms with Gasteiger partial charge in [-0.1, -0.05) is 19.8 Å². The monoisotopic (exact) mass is 435 g/mol. The molecule has 0 atom stereocenters. The summed E-state index contributed by atoms with van der Waals surface area (Å²) >= 11 is 0. The first-order valence-corrected chi connectivity index (χ1v) is 11.5. The summed E-state index contributed by atoms with van der Waals surface area (Å²) in [6.45, 7) is 10.3. The minimum absolute atomic E-state index is 0.0171. The highest BCUT2D eigenvalue weighted by Gasteiger charge is 2.47. The molecule has 2 fully saturated rings. The molecular weight excluding hydrogens is 402 g/mol. The molecule has 1 saturated heterocycles. The maximum atomic E-state index is 13.3. The van der Waals surface area contributed by atoms with Crippen molar-refractivity contribution in [2.45, 2.75) is 72.6 Å². The summed E-state index contributed by atoms with van der Waals surface area (Å²) in [5, 5.41) is 0. The third-order valence-corrected chi connectivity index (χ3v) is 7.04. The summed E-state index contributed by atoms with van der Waals surface area (Å²) < 4.78 is 0. The van der Waals surface area contributed by atoms with Gasteiger partial charge in [0, 0.05) is 37.4 Å². The van der Waals surface area contributed by atoms with Crippen LogP contribution in [0.25, 0.3) is 0 Å². The van der Waals surface area contributed by atoms with E-state index in [0.717, 1.165) is 22.3 Å². The molecule has 32 heavy (non-hydrogen) atoms. The second-order valence-corrected chi connectivity index (χ2v) is 9.80. The van der Waals surface area contributed by atoms with Crippen LogP contribution in [0.2, 0.25) is 0 Å². The van der Waals surface area contributed by atoms with E-state index in [9.17, 15) is 19.2 Å². The summed E-state index contributed by atoms with van der Waals surface area (Å²) in [7, 11) is 0. The van der Waals surface area contributed by atoms with Crippen LogP contribution >= 0.6 is 0 Å². The molecule has 1 heterocycles. The molecule has 170 valence electrons. The minimum Gasteiger partial charge on any atom is -0.342 e. The molecule has 0 radical (unpaired) electrons. The largest absolute Gasteiger partial charge is 0.342 e. The number of hydrogen-bond donors (Lipinski definition) is 0. The Labute approximate surface area is 190 Å². The molecule has 0 aromatic heterocycles. The average Bonchev–Trinajstić information content (AvgIpc) is 2.70. The van der Waals surface area contributed by atoms with E-state index < -0.39 is 5.92 Å². The van der Waals surface area contributed by atoms with E-state index in [1.165, 1.54) is 0 Å². The number of likely N-dealkylation sites (tertiary alicyclic amines) is 1. The zero-order chi connectivity index (χ0) is 23.6. The fraction of sp³-hybridized carbons (Fsp3) is 0.556. The number of Topliss-reactive ketones (excluding diaryl/α,β-unsaturated/α-hetero) is 3. The van der Waals surface area contributed by atoms with Crippen LogP contribution in [-0.2, 0) is 19.2 Å². The fourth-order valence-corrected chi connectivity index (χ4v) is 5.20. The zero-order valence-electron chi connectivity index (χ0n) is 19.8. The van der Waals surface area contributed by atoms with Crippen molar-refractivity contribution in [2.24, 2.45) is 11.3 Å². The standard InChI is InChI=1S/C27H33NO4/c1-6-7-20-12-18(4)25(19(5)13-20)26-22(30)15-27(16-23(26)31)8-10-28(11-9-27)24(32)14-21(29)17(2)3/h12-13,17,26H,8-11,14-16H2,1-5H3. The van der Waals surface area contributed by atoms with E-state index in [4.69, 9.17) is 0 Å². The maximum Gasteiger partial charge on any atom is 0.230 e. The van der Waals surface area contributed by atoms with Gasteiger partial charge < -0.3 is 4.90 Å². The normalized spacial score (nSPS) is 18.6. The molecule has 0 N–H and O–H groups in total. The smallest absolute Gasteiger partial charge is 0.230 e. The van der Waals surface area contributed by atoms with Crippen LogP contribution < -0.4 is 0 Å². The Morgan fingerprint density at radius 2 is 1.59 bits per heavy atom. The highest BCUT2D eigenvalue weighted by Crippen LogP contribution is 2.46. The first-order valence-electron chi connectivity index (χ1n) is 11.5. The van der Waals surface area contributed by atoms with Gasteiger partial charge in [-0.05, 0) is 67.9 Å². The van der Waals surface area contributed by atoms with Crippen LogP contribution in [0.5, 0.6) is 0 Å². The van der Waals surface area contributed by atoms with Crippen molar-refractivity contribution in [1.82, 2.24) is 4.90 Å². The molecule has 2 aliphatic rings. The molecule has 1 aromatic rings. The number of carbonyl (C=O) groups is 4. The number of nitrogens with zero attached hydrogens (tertiary/aromatic N) is 1. The Morgan fingerprint density at radius 1 is 1.06 bits per heavy atom. The predicted octanol–water partition coefficient (Wildman–Crippen LogP) is 3.91. The molecule has 1 aromatic carbocycles. The van der Waals surface area contributed by atoms with Gasteiger partial charge in [0.25, 0.3) is 0 Å². The lowest BCUT2D eigenvalue weighted by Gasteiger charge is -2.44.